The predicted molar refractivity (Wildman–Crippen MR) is 104 cm³/mol. The van der Waals surface area contributed by atoms with Crippen LogP contribution in [-0.4, -0.2) is 29.8 Å². The van der Waals surface area contributed by atoms with Crippen LogP contribution in [0.5, 0.6) is 0 Å². The summed E-state index contributed by atoms with van der Waals surface area (Å²) in [4.78, 5) is 2.31. The van der Waals surface area contributed by atoms with Crippen molar-refractivity contribution in [3.8, 4) is 0 Å². The van der Waals surface area contributed by atoms with Gasteiger partial charge in [0, 0.05) is 30.4 Å². The number of rotatable bonds is 4. The van der Waals surface area contributed by atoms with E-state index in [-0.39, 0.29) is 11.0 Å². The minimum atomic E-state index is -0.499. The lowest BCUT2D eigenvalue weighted by molar-refractivity contribution is 0.162. The fourth-order valence-corrected chi connectivity index (χ4v) is 3.63. The number of nitrogens with two attached hydrogens (primary N) is 1. The van der Waals surface area contributed by atoms with Crippen LogP contribution in [0.1, 0.15) is 44.7 Å². The van der Waals surface area contributed by atoms with Crippen molar-refractivity contribution in [2.75, 3.05) is 13.1 Å². The molecule has 1 aromatic carbocycles. The summed E-state index contributed by atoms with van der Waals surface area (Å²) >= 11 is 0. The van der Waals surface area contributed by atoms with E-state index >= 15 is 0 Å². The van der Waals surface area contributed by atoms with Crippen molar-refractivity contribution in [2.24, 2.45) is 10.8 Å². The van der Waals surface area contributed by atoms with Gasteiger partial charge < -0.3 is 15.4 Å². The summed E-state index contributed by atoms with van der Waals surface area (Å²) in [5.41, 5.74) is 17.6. The number of piperidine rings is 1. The molecule has 3 N–H and O–H groups in total. The highest BCUT2D eigenvalue weighted by Crippen LogP contribution is 2.29. The molecule has 140 valence electrons. The zero-order valence-corrected chi connectivity index (χ0v) is 16.0. The molecule has 0 amide bonds. The van der Waals surface area contributed by atoms with Crippen LogP contribution in [0.3, 0.4) is 0 Å². The molecule has 0 spiro atoms. The molecule has 0 radical (unpaired) electrons. The lowest BCUT2D eigenvalue weighted by Crippen LogP contribution is -2.51. The van der Waals surface area contributed by atoms with Crippen LogP contribution in [0.25, 0.3) is 0 Å². The van der Waals surface area contributed by atoms with Gasteiger partial charge in [0.25, 0.3) is 0 Å². The maximum atomic E-state index is 7.13. The van der Waals surface area contributed by atoms with Crippen LogP contribution in [0.15, 0.2) is 53.5 Å². The molecular formula is C21H30N4O. The molecule has 1 aromatic rings. The van der Waals surface area contributed by atoms with E-state index in [2.05, 4.69) is 55.1 Å². The Hall–Kier alpha value is -2.14. The quantitative estimate of drug-likeness (QED) is 0.799. The Morgan fingerprint density at radius 1 is 1.23 bits per heavy atom. The van der Waals surface area contributed by atoms with Crippen molar-refractivity contribution in [1.82, 2.24) is 4.90 Å². The van der Waals surface area contributed by atoms with E-state index in [0.717, 1.165) is 38.0 Å². The monoisotopic (exact) mass is 354 g/mol. The van der Waals surface area contributed by atoms with Gasteiger partial charge in [-0.2, -0.15) is 0 Å². The Kier molecular flexibility index (Phi) is 5.19. The number of ether oxygens (including phenoxy) is 1. The molecule has 1 atom stereocenters. The van der Waals surface area contributed by atoms with E-state index in [1.54, 1.807) is 6.26 Å². The SMILES string of the molecule is CC(C)(C)c1ccc(CC2(N)CCN(C3=CC(N=N)OC=C3)CC2)cc1. The van der Waals surface area contributed by atoms with Gasteiger partial charge in [0.2, 0.25) is 6.23 Å². The fourth-order valence-electron chi connectivity index (χ4n) is 3.63. The zero-order chi connectivity index (χ0) is 18.8. The molecule has 2 aliphatic rings. The molecule has 1 fully saturated rings. The third-order valence-electron chi connectivity index (χ3n) is 5.40. The molecule has 1 unspecified atom stereocenters. The average Bonchev–Trinajstić information content (AvgIpc) is 2.62. The molecule has 5 nitrogen and oxygen atoms in total. The van der Waals surface area contributed by atoms with Crippen LogP contribution in [0.2, 0.25) is 0 Å². The molecule has 26 heavy (non-hydrogen) atoms. The highest BCUT2D eigenvalue weighted by Gasteiger charge is 2.32. The maximum Gasteiger partial charge on any atom is 0.228 e. The largest absolute Gasteiger partial charge is 0.471 e. The normalized spacial score (nSPS) is 22.5. The lowest BCUT2D eigenvalue weighted by atomic mass is 9.81. The smallest absolute Gasteiger partial charge is 0.228 e. The second kappa shape index (κ2) is 7.23. The molecule has 0 bridgehead atoms. The third kappa shape index (κ3) is 4.33. The lowest BCUT2D eigenvalue weighted by Gasteiger charge is -2.41. The first-order chi connectivity index (χ1) is 12.3. The minimum absolute atomic E-state index is 0.158. The van der Waals surface area contributed by atoms with Crippen LogP contribution in [-0.2, 0) is 16.6 Å². The minimum Gasteiger partial charge on any atom is -0.471 e. The van der Waals surface area contributed by atoms with Gasteiger partial charge in [0.15, 0.2) is 0 Å². The summed E-state index contributed by atoms with van der Waals surface area (Å²) in [7, 11) is 0. The van der Waals surface area contributed by atoms with Crippen LogP contribution in [0.4, 0.5) is 0 Å². The number of hydrogen-bond donors (Lipinski definition) is 2. The van der Waals surface area contributed by atoms with Crippen LogP contribution in [0, 0.1) is 5.53 Å². The number of nitrogens with zero attached hydrogens (tertiary/aromatic N) is 2. The van der Waals surface area contributed by atoms with Crippen molar-refractivity contribution in [2.45, 2.75) is 57.2 Å². The Labute approximate surface area is 156 Å². The highest BCUT2D eigenvalue weighted by molar-refractivity contribution is 5.29. The van der Waals surface area contributed by atoms with E-state index in [1.807, 2.05) is 12.2 Å². The number of benzene rings is 1. The molecule has 2 heterocycles. The summed E-state index contributed by atoms with van der Waals surface area (Å²) in [6, 6.07) is 8.92. The third-order valence-corrected chi connectivity index (χ3v) is 5.40. The van der Waals surface area contributed by atoms with Gasteiger partial charge >= 0.3 is 0 Å². The van der Waals surface area contributed by atoms with Crippen molar-refractivity contribution in [3.05, 3.63) is 59.5 Å². The van der Waals surface area contributed by atoms with Crippen LogP contribution >= 0.6 is 0 Å². The van der Waals surface area contributed by atoms with E-state index in [9.17, 15) is 0 Å². The molecule has 3 rings (SSSR count). The Balaban J connectivity index is 1.60. The number of nitrogens with one attached hydrogen (secondary N) is 1. The number of likely N-dealkylation sites (tertiary alicyclic amines) is 1. The van der Waals surface area contributed by atoms with Gasteiger partial charge in [-0.15, -0.1) is 5.11 Å². The van der Waals surface area contributed by atoms with Gasteiger partial charge in [0.1, 0.15) is 0 Å². The fraction of sp³-hybridized carbons (Fsp3) is 0.524. The second-order valence-corrected chi connectivity index (χ2v) is 8.52. The van der Waals surface area contributed by atoms with Crippen molar-refractivity contribution in [3.63, 3.8) is 0 Å². The van der Waals surface area contributed by atoms with E-state index in [4.69, 9.17) is 16.0 Å². The predicted octanol–water partition coefficient (Wildman–Crippen LogP) is 4.10. The second-order valence-electron chi connectivity index (χ2n) is 8.52. The standard InChI is InChI=1S/C21H30N4O/c1-20(2,3)17-6-4-16(5-7-17)15-21(22)9-11-25(12-10-21)18-8-13-26-19(14-18)24-23/h4-8,13-14,19,23H,9-12,15,22H2,1-3H3. The summed E-state index contributed by atoms with van der Waals surface area (Å²) in [6.07, 6.45) is 7.76. The molecule has 5 heteroatoms. The number of allylic oxidation sites excluding steroid dienone is 1. The van der Waals surface area contributed by atoms with Gasteiger partial charge in [0.05, 0.1) is 6.26 Å². The van der Waals surface area contributed by atoms with Gasteiger partial charge in [-0.25, -0.2) is 5.53 Å². The first-order valence-corrected chi connectivity index (χ1v) is 9.33. The first-order valence-electron chi connectivity index (χ1n) is 9.33. The molecular weight excluding hydrogens is 324 g/mol. The summed E-state index contributed by atoms with van der Waals surface area (Å²) in [5, 5.41) is 3.45. The summed E-state index contributed by atoms with van der Waals surface area (Å²) < 4.78 is 5.24. The van der Waals surface area contributed by atoms with E-state index in [0.29, 0.717) is 0 Å². The molecule has 0 saturated carbocycles. The summed E-state index contributed by atoms with van der Waals surface area (Å²) in [6.45, 7) is 8.54. The molecule has 0 aliphatic carbocycles. The maximum absolute atomic E-state index is 7.13. The van der Waals surface area contributed by atoms with Gasteiger partial charge in [-0.3, -0.25) is 0 Å². The van der Waals surface area contributed by atoms with E-state index < -0.39 is 6.23 Å². The van der Waals surface area contributed by atoms with Gasteiger partial charge in [-0.05, 0) is 41.9 Å². The Morgan fingerprint density at radius 3 is 2.46 bits per heavy atom. The first kappa shape index (κ1) is 18.6. The number of hydrogen-bond acceptors (Lipinski definition) is 5. The zero-order valence-electron chi connectivity index (χ0n) is 16.0. The molecule has 2 aliphatic heterocycles. The van der Waals surface area contributed by atoms with Crippen molar-refractivity contribution < 1.29 is 4.74 Å². The molecule has 0 aromatic heterocycles. The van der Waals surface area contributed by atoms with Crippen molar-refractivity contribution in [1.29, 1.82) is 5.53 Å². The topological polar surface area (TPSA) is 74.7 Å². The van der Waals surface area contributed by atoms with Crippen LogP contribution < -0.4 is 5.73 Å². The average molecular weight is 354 g/mol. The Bertz CT molecular complexity index is 692. The van der Waals surface area contributed by atoms with Gasteiger partial charge in [-0.1, -0.05) is 45.0 Å². The van der Waals surface area contributed by atoms with E-state index in [1.165, 1.54) is 11.1 Å². The molecule has 1 saturated heterocycles. The summed E-state index contributed by atoms with van der Waals surface area (Å²) in [5.74, 6) is 0. The highest BCUT2D eigenvalue weighted by atomic mass is 16.5. The van der Waals surface area contributed by atoms with Crippen molar-refractivity contribution >= 4 is 0 Å². The Morgan fingerprint density at radius 2 is 1.88 bits per heavy atom.